The summed E-state index contributed by atoms with van der Waals surface area (Å²) in [4.78, 5) is 33.1. The molecule has 1 aliphatic rings. The molecule has 0 unspecified atom stereocenters. The van der Waals surface area contributed by atoms with Gasteiger partial charge in [0.05, 0.1) is 28.3 Å². The number of amides is 1. The minimum atomic E-state index is -0.338. The summed E-state index contributed by atoms with van der Waals surface area (Å²) in [5, 5.41) is 11.1. The number of nitrogens with one attached hydrogen (secondary N) is 3. The second kappa shape index (κ2) is 17.1. The molecule has 0 aliphatic carbocycles. The Morgan fingerprint density at radius 3 is 2.56 bits per heavy atom. The summed E-state index contributed by atoms with van der Waals surface area (Å²) in [5.41, 5.74) is 9.07. The van der Waals surface area contributed by atoms with Crippen LogP contribution in [0.25, 0.3) is 10.9 Å². The van der Waals surface area contributed by atoms with E-state index < -0.39 is 0 Å². The number of Topliss-reactive ketones (excluding diaryl/α,β-unsaturated/α-hetero) is 1. The SMILES string of the molecule is C=CC(=O)Nc1cc(NC(/N=C(/C(=C\C)CCCOC)c2cn3c4c(cccc24)CCC3)=C(/C)CC)c(C(C)=O)cc1NCCN(C)C. The molecule has 3 aromatic rings. The molecular weight excluding hydrogens is 600 g/mol. The van der Waals surface area contributed by atoms with Crippen molar-refractivity contribution >= 4 is 45.4 Å². The van der Waals surface area contributed by atoms with Gasteiger partial charge in [0.1, 0.15) is 5.82 Å². The number of nitrogens with zero attached hydrogens (tertiary/aromatic N) is 3. The molecule has 3 N–H and O–H groups in total. The first-order valence-electron chi connectivity index (χ1n) is 16.9. The molecule has 9 heteroatoms. The van der Waals surface area contributed by atoms with E-state index in [4.69, 9.17) is 9.73 Å². The van der Waals surface area contributed by atoms with Crippen molar-refractivity contribution in [2.75, 3.05) is 56.9 Å². The van der Waals surface area contributed by atoms with Crippen molar-refractivity contribution in [3.63, 3.8) is 0 Å². The number of ketones is 1. The quantitative estimate of drug-likeness (QED) is 0.0596. The summed E-state index contributed by atoms with van der Waals surface area (Å²) >= 11 is 0. The molecule has 9 nitrogen and oxygen atoms in total. The van der Waals surface area contributed by atoms with Crippen LogP contribution in [0.3, 0.4) is 0 Å². The molecule has 2 heterocycles. The zero-order chi connectivity index (χ0) is 34.8. The first-order valence-corrected chi connectivity index (χ1v) is 16.9. The van der Waals surface area contributed by atoms with Gasteiger partial charge in [-0.2, -0.15) is 0 Å². The monoisotopic (exact) mass is 652 g/mol. The van der Waals surface area contributed by atoms with Gasteiger partial charge in [-0.05, 0) is 102 Å². The maximum atomic E-state index is 13.1. The van der Waals surface area contributed by atoms with Crippen LogP contribution < -0.4 is 16.0 Å². The van der Waals surface area contributed by atoms with Crippen LogP contribution in [0.4, 0.5) is 17.1 Å². The maximum Gasteiger partial charge on any atom is 0.247 e. The van der Waals surface area contributed by atoms with Gasteiger partial charge in [-0.1, -0.05) is 37.8 Å². The van der Waals surface area contributed by atoms with Crippen LogP contribution >= 0.6 is 0 Å². The summed E-state index contributed by atoms with van der Waals surface area (Å²) in [5.74, 6) is 0.229. The summed E-state index contributed by atoms with van der Waals surface area (Å²) < 4.78 is 7.78. The van der Waals surface area contributed by atoms with Crippen molar-refractivity contribution in [2.24, 2.45) is 4.99 Å². The van der Waals surface area contributed by atoms with Crippen molar-refractivity contribution < 1.29 is 14.3 Å². The van der Waals surface area contributed by atoms with Gasteiger partial charge in [0.2, 0.25) is 5.91 Å². The van der Waals surface area contributed by atoms with Crippen molar-refractivity contribution in [1.82, 2.24) is 9.47 Å². The molecule has 0 fully saturated rings. The Labute approximate surface area is 285 Å². The lowest BCUT2D eigenvalue weighted by Gasteiger charge is -2.20. The van der Waals surface area contributed by atoms with Gasteiger partial charge in [0.25, 0.3) is 0 Å². The van der Waals surface area contributed by atoms with Gasteiger partial charge in [-0.15, -0.1) is 0 Å². The molecule has 256 valence electrons. The first kappa shape index (κ1) is 36.4. The molecule has 0 spiro atoms. The lowest BCUT2D eigenvalue weighted by atomic mass is 9.96. The van der Waals surface area contributed by atoms with Crippen LogP contribution in [0.2, 0.25) is 0 Å². The smallest absolute Gasteiger partial charge is 0.247 e. The average molecular weight is 653 g/mol. The number of carbonyl (C=O) groups is 2. The molecule has 1 amide bonds. The molecular formula is C39H52N6O3. The van der Waals surface area contributed by atoms with E-state index in [0.717, 1.165) is 67.6 Å². The fourth-order valence-electron chi connectivity index (χ4n) is 6.03. The Hall–Kier alpha value is -4.47. The zero-order valence-corrected chi connectivity index (χ0v) is 29.8. The highest BCUT2D eigenvalue weighted by Crippen LogP contribution is 2.35. The van der Waals surface area contributed by atoms with E-state index in [9.17, 15) is 9.59 Å². The number of likely N-dealkylation sites (N-methyl/N-ethyl adjacent to an activating group) is 1. The topological polar surface area (TPSA) is 100.0 Å². The van der Waals surface area contributed by atoms with E-state index in [1.165, 1.54) is 22.5 Å². The number of aromatic nitrogens is 1. The summed E-state index contributed by atoms with van der Waals surface area (Å²) in [6.45, 7) is 14.4. The highest BCUT2D eigenvalue weighted by molar-refractivity contribution is 6.20. The summed E-state index contributed by atoms with van der Waals surface area (Å²) in [6.07, 6.45) is 10.2. The van der Waals surface area contributed by atoms with Crippen molar-refractivity contribution in [3.05, 3.63) is 88.9 Å². The summed E-state index contributed by atoms with van der Waals surface area (Å²) in [7, 11) is 5.72. The number of hydrogen-bond acceptors (Lipinski definition) is 7. The van der Waals surface area contributed by atoms with Gasteiger partial charge in [-0.3, -0.25) is 9.59 Å². The molecule has 1 aromatic heterocycles. The molecule has 0 atom stereocenters. The molecule has 1 aliphatic heterocycles. The molecule has 0 radical (unpaired) electrons. The first-order chi connectivity index (χ1) is 23.1. The van der Waals surface area contributed by atoms with Crippen LogP contribution in [0.5, 0.6) is 0 Å². The number of ether oxygens (including phenoxy) is 1. The normalized spacial score (nSPS) is 13.8. The molecule has 4 rings (SSSR count). The van der Waals surface area contributed by atoms with Crippen molar-refractivity contribution in [3.8, 4) is 0 Å². The Morgan fingerprint density at radius 2 is 1.90 bits per heavy atom. The van der Waals surface area contributed by atoms with Crippen LogP contribution in [-0.2, 0) is 22.5 Å². The van der Waals surface area contributed by atoms with E-state index in [0.29, 0.717) is 41.6 Å². The number of aliphatic imine (C=N–C) groups is 1. The maximum absolute atomic E-state index is 13.1. The molecule has 0 saturated carbocycles. The van der Waals surface area contributed by atoms with E-state index in [1.807, 2.05) is 20.2 Å². The number of para-hydroxylation sites is 1. The Kier molecular flexibility index (Phi) is 12.9. The minimum absolute atomic E-state index is 0.102. The van der Waals surface area contributed by atoms with Crippen molar-refractivity contribution in [2.45, 2.75) is 66.3 Å². The third-order valence-corrected chi connectivity index (χ3v) is 8.80. The fraction of sp³-hybridized carbons (Fsp3) is 0.410. The Morgan fingerprint density at radius 1 is 1.10 bits per heavy atom. The number of allylic oxidation sites excluding steroid dienone is 3. The highest BCUT2D eigenvalue weighted by atomic mass is 16.5. The van der Waals surface area contributed by atoms with Crippen molar-refractivity contribution in [1.29, 1.82) is 0 Å². The number of benzene rings is 2. The zero-order valence-electron chi connectivity index (χ0n) is 29.8. The van der Waals surface area contributed by atoms with E-state index in [-0.39, 0.29) is 11.7 Å². The van der Waals surface area contributed by atoms with Gasteiger partial charge in [-0.25, -0.2) is 4.99 Å². The van der Waals surface area contributed by atoms with Gasteiger partial charge >= 0.3 is 0 Å². The third kappa shape index (κ3) is 8.70. The molecule has 0 saturated heterocycles. The second-order valence-corrected chi connectivity index (χ2v) is 12.6. The number of methoxy groups -OCH3 is 1. The van der Waals surface area contributed by atoms with E-state index in [2.05, 4.69) is 83.2 Å². The molecule has 48 heavy (non-hydrogen) atoms. The highest BCUT2D eigenvalue weighted by Gasteiger charge is 2.22. The van der Waals surface area contributed by atoms with Gasteiger partial charge in [0, 0.05) is 56.1 Å². The van der Waals surface area contributed by atoms with Crippen LogP contribution in [0.15, 0.2) is 77.2 Å². The fourth-order valence-corrected chi connectivity index (χ4v) is 6.03. The van der Waals surface area contributed by atoms with E-state index >= 15 is 0 Å². The number of hydrogen-bond donors (Lipinski definition) is 3. The van der Waals surface area contributed by atoms with Crippen LogP contribution in [-0.4, -0.2) is 67.8 Å². The van der Waals surface area contributed by atoms with Gasteiger partial charge in [0.15, 0.2) is 5.78 Å². The third-order valence-electron chi connectivity index (χ3n) is 8.80. The largest absolute Gasteiger partial charge is 0.385 e. The van der Waals surface area contributed by atoms with E-state index in [1.54, 1.807) is 20.1 Å². The predicted octanol–water partition coefficient (Wildman–Crippen LogP) is 7.80. The van der Waals surface area contributed by atoms with Crippen LogP contribution in [0.1, 0.15) is 74.9 Å². The molecule has 2 aromatic carbocycles. The Bertz CT molecular complexity index is 1740. The minimum Gasteiger partial charge on any atom is -0.385 e. The lowest BCUT2D eigenvalue weighted by molar-refractivity contribution is -0.111. The second-order valence-electron chi connectivity index (χ2n) is 12.6. The number of anilines is 3. The Balaban J connectivity index is 1.89. The van der Waals surface area contributed by atoms with Crippen LogP contribution in [0, 0.1) is 0 Å². The lowest BCUT2D eigenvalue weighted by Crippen LogP contribution is -2.22. The standard InChI is InChI=1S/C39H52N6O3/c1-9-26(4)39(42-33-24-35(41-36(47)11-3)34(23-31(33)27(5)46)40-19-21-44(6)7)43-37(28(10-2)17-14-22-48-8)32-25-45-20-13-16-29-15-12-18-30(32)38(29)45/h10-12,15,18,23-25,40,42H,3,9,13-14,16-17,19-22H2,1-2,4-8H3,(H,41,47)/b28-10-,39-26+,43-37-. The average Bonchev–Trinajstić information content (AvgIpc) is 3.45. The summed E-state index contributed by atoms with van der Waals surface area (Å²) in [6, 6.07) is 10.2. The number of rotatable bonds is 17. The molecule has 0 bridgehead atoms. The van der Waals surface area contributed by atoms with Gasteiger partial charge < -0.3 is 30.2 Å². The number of aryl methyl sites for hydroxylation is 2. The predicted molar refractivity (Wildman–Crippen MR) is 201 cm³/mol. The number of carbonyl (C=O) groups excluding carboxylic acids is 2.